The SMILES string of the molecule is Cc1cc(C)cc(C(=O)Nc2ccc3c(c2)NCCC3)c1. The van der Waals surface area contributed by atoms with Crippen LogP contribution >= 0.6 is 0 Å². The van der Waals surface area contributed by atoms with Crippen molar-refractivity contribution in [1.29, 1.82) is 0 Å². The number of aryl methyl sites for hydroxylation is 3. The van der Waals surface area contributed by atoms with Crippen LogP contribution in [0.3, 0.4) is 0 Å². The maximum atomic E-state index is 12.4. The Morgan fingerprint density at radius 2 is 1.86 bits per heavy atom. The molecule has 0 unspecified atom stereocenters. The maximum Gasteiger partial charge on any atom is 0.255 e. The van der Waals surface area contributed by atoms with Crippen LogP contribution in [-0.4, -0.2) is 12.5 Å². The minimum absolute atomic E-state index is 0.0578. The van der Waals surface area contributed by atoms with E-state index in [-0.39, 0.29) is 5.91 Å². The van der Waals surface area contributed by atoms with Crippen molar-refractivity contribution in [3.63, 3.8) is 0 Å². The van der Waals surface area contributed by atoms with Crippen LogP contribution in [0.1, 0.15) is 33.5 Å². The first-order valence-corrected chi connectivity index (χ1v) is 7.38. The number of hydrogen-bond acceptors (Lipinski definition) is 2. The predicted octanol–water partition coefficient (Wildman–Crippen LogP) is 3.91. The summed E-state index contributed by atoms with van der Waals surface area (Å²) in [5.74, 6) is -0.0578. The molecule has 0 aromatic heterocycles. The topological polar surface area (TPSA) is 41.1 Å². The largest absolute Gasteiger partial charge is 0.385 e. The first-order valence-electron chi connectivity index (χ1n) is 7.38. The number of fused-ring (bicyclic) bond motifs is 1. The minimum Gasteiger partial charge on any atom is -0.385 e. The third-order valence-corrected chi connectivity index (χ3v) is 3.79. The Kier molecular flexibility index (Phi) is 3.65. The molecule has 1 aliphatic rings. The third-order valence-electron chi connectivity index (χ3n) is 3.79. The average Bonchev–Trinajstić information content (AvgIpc) is 2.46. The summed E-state index contributed by atoms with van der Waals surface area (Å²) < 4.78 is 0. The van der Waals surface area contributed by atoms with Crippen molar-refractivity contribution in [2.75, 3.05) is 17.2 Å². The molecule has 0 saturated carbocycles. The van der Waals surface area contributed by atoms with Gasteiger partial charge in [0.25, 0.3) is 5.91 Å². The van der Waals surface area contributed by atoms with Gasteiger partial charge in [-0.2, -0.15) is 0 Å². The number of carbonyl (C=O) groups excluding carboxylic acids is 1. The lowest BCUT2D eigenvalue weighted by atomic mass is 10.0. The summed E-state index contributed by atoms with van der Waals surface area (Å²) in [4.78, 5) is 12.4. The molecule has 0 aliphatic carbocycles. The molecular weight excluding hydrogens is 260 g/mol. The molecular formula is C18H20N2O. The van der Waals surface area contributed by atoms with Gasteiger partial charge in [-0.15, -0.1) is 0 Å². The molecule has 1 heterocycles. The number of hydrogen-bond donors (Lipinski definition) is 2. The predicted molar refractivity (Wildman–Crippen MR) is 87.1 cm³/mol. The molecule has 0 radical (unpaired) electrons. The molecule has 0 spiro atoms. The van der Waals surface area contributed by atoms with Gasteiger partial charge >= 0.3 is 0 Å². The Labute approximate surface area is 125 Å². The van der Waals surface area contributed by atoms with Gasteiger partial charge in [-0.1, -0.05) is 23.3 Å². The van der Waals surface area contributed by atoms with Gasteiger partial charge in [0.2, 0.25) is 0 Å². The van der Waals surface area contributed by atoms with E-state index in [1.807, 2.05) is 38.1 Å². The third kappa shape index (κ3) is 3.07. The Hall–Kier alpha value is -2.29. The van der Waals surface area contributed by atoms with Crippen LogP contribution in [0.2, 0.25) is 0 Å². The monoisotopic (exact) mass is 280 g/mol. The van der Waals surface area contributed by atoms with Gasteiger partial charge < -0.3 is 10.6 Å². The van der Waals surface area contributed by atoms with Crippen molar-refractivity contribution in [3.8, 4) is 0 Å². The molecule has 1 aliphatic heterocycles. The molecule has 1 amide bonds. The molecule has 2 N–H and O–H groups in total. The molecule has 3 nitrogen and oxygen atoms in total. The zero-order valence-corrected chi connectivity index (χ0v) is 12.5. The zero-order valence-electron chi connectivity index (χ0n) is 12.5. The van der Waals surface area contributed by atoms with Gasteiger partial charge in [0.15, 0.2) is 0 Å². The van der Waals surface area contributed by atoms with Gasteiger partial charge in [0, 0.05) is 23.5 Å². The summed E-state index contributed by atoms with van der Waals surface area (Å²) in [5.41, 5.74) is 6.22. The molecule has 0 fully saturated rings. The summed E-state index contributed by atoms with van der Waals surface area (Å²) in [7, 11) is 0. The molecule has 21 heavy (non-hydrogen) atoms. The van der Waals surface area contributed by atoms with E-state index < -0.39 is 0 Å². The number of anilines is 2. The second-order valence-corrected chi connectivity index (χ2v) is 5.73. The Balaban J connectivity index is 1.81. The van der Waals surface area contributed by atoms with Crippen molar-refractivity contribution in [3.05, 3.63) is 58.7 Å². The summed E-state index contributed by atoms with van der Waals surface area (Å²) in [6.07, 6.45) is 2.27. The highest BCUT2D eigenvalue weighted by molar-refractivity contribution is 6.04. The van der Waals surface area contributed by atoms with E-state index in [1.54, 1.807) is 0 Å². The van der Waals surface area contributed by atoms with E-state index in [0.717, 1.165) is 35.5 Å². The number of carbonyl (C=O) groups is 1. The highest BCUT2D eigenvalue weighted by Gasteiger charge is 2.11. The van der Waals surface area contributed by atoms with E-state index in [4.69, 9.17) is 0 Å². The van der Waals surface area contributed by atoms with E-state index in [0.29, 0.717) is 5.56 Å². The minimum atomic E-state index is -0.0578. The summed E-state index contributed by atoms with van der Waals surface area (Å²) >= 11 is 0. The van der Waals surface area contributed by atoms with Gasteiger partial charge in [-0.05, 0) is 56.5 Å². The summed E-state index contributed by atoms with van der Waals surface area (Å²) in [6, 6.07) is 12.0. The molecule has 108 valence electrons. The smallest absolute Gasteiger partial charge is 0.255 e. The van der Waals surface area contributed by atoms with Crippen molar-refractivity contribution < 1.29 is 4.79 Å². The van der Waals surface area contributed by atoms with Crippen molar-refractivity contribution in [2.24, 2.45) is 0 Å². The van der Waals surface area contributed by atoms with Gasteiger partial charge in [0.05, 0.1) is 0 Å². The highest BCUT2D eigenvalue weighted by atomic mass is 16.1. The Morgan fingerprint density at radius 3 is 2.62 bits per heavy atom. The molecule has 0 atom stereocenters. The molecule has 0 bridgehead atoms. The molecule has 0 saturated heterocycles. The average molecular weight is 280 g/mol. The summed E-state index contributed by atoms with van der Waals surface area (Å²) in [6.45, 7) is 5.01. The van der Waals surface area contributed by atoms with Crippen LogP contribution in [-0.2, 0) is 6.42 Å². The number of rotatable bonds is 2. The lowest BCUT2D eigenvalue weighted by molar-refractivity contribution is 0.102. The number of benzene rings is 2. The van der Waals surface area contributed by atoms with E-state index in [2.05, 4.69) is 22.8 Å². The Morgan fingerprint density at radius 1 is 1.10 bits per heavy atom. The second-order valence-electron chi connectivity index (χ2n) is 5.73. The highest BCUT2D eigenvalue weighted by Crippen LogP contribution is 2.25. The molecule has 3 heteroatoms. The van der Waals surface area contributed by atoms with Crippen LogP contribution < -0.4 is 10.6 Å². The van der Waals surface area contributed by atoms with Crippen LogP contribution in [0.15, 0.2) is 36.4 Å². The lowest BCUT2D eigenvalue weighted by Crippen LogP contribution is -2.15. The Bertz CT molecular complexity index is 671. The summed E-state index contributed by atoms with van der Waals surface area (Å²) in [5, 5.41) is 6.37. The number of amides is 1. The van der Waals surface area contributed by atoms with Gasteiger partial charge in [0.1, 0.15) is 0 Å². The molecule has 2 aromatic carbocycles. The maximum absolute atomic E-state index is 12.4. The first kappa shape index (κ1) is 13.7. The van der Waals surface area contributed by atoms with Gasteiger partial charge in [-0.25, -0.2) is 0 Å². The standard InChI is InChI=1S/C18H20N2O/c1-12-8-13(2)10-15(9-12)18(21)20-16-6-5-14-4-3-7-19-17(14)11-16/h5-6,8-11,19H,3-4,7H2,1-2H3,(H,20,21). The van der Waals surface area contributed by atoms with E-state index in [9.17, 15) is 4.79 Å². The van der Waals surface area contributed by atoms with E-state index in [1.165, 1.54) is 12.0 Å². The fourth-order valence-corrected chi connectivity index (χ4v) is 2.85. The van der Waals surface area contributed by atoms with Crippen molar-refractivity contribution >= 4 is 17.3 Å². The van der Waals surface area contributed by atoms with Gasteiger partial charge in [-0.3, -0.25) is 4.79 Å². The molecule has 3 rings (SSSR count). The van der Waals surface area contributed by atoms with E-state index >= 15 is 0 Å². The van der Waals surface area contributed by atoms with Crippen molar-refractivity contribution in [1.82, 2.24) is 0 Å². The lowest BCUT2D eigenvalue weighted by Gasteiger charge is -2.19. The second kappa shape index (κ2) is 5.60. The van der Waals surface area contributed by atoms with Crippen LogP contribution in [0.5, 0.6) is 0 Å². The van der Waals surface area contributed by atoms with Crippen LogP contribution in [0.4, 0.5) is 11.4 Å². The fourth-order valence-electron chi connectivity index (χ4n) is 2.85. The number of nitrogens with one attached hydrogen (secondary N) is 2. The molecule has 2 aromatic rings. The fraction of sp³-hybridized carbons (Fsp3) is 0.278. The zero-order chi connectivity index (χ0) is 14.8. The first-order chi connectivity index (χ1) is 10.1. The van der Waals surface area contributed by atoms with Crippen LogP contribution in [0, 0.1) is 13.8 Å². The normalized spacial score (nSPS) is 13.2. The quantitative estimate of drug-likeness (QED) is 0.875. The van der Waals surface area contributed by atoms with Crippen molar-refractivity contribution in [2.45, 2.75) is 26.7 Å². The van der Waals surface area contributed by atoms with Crippen LogP contribution in [0.25, 0.3) is 0 Å².